The molecule has 2 aromatic rings. The van der Waals surface area contributed by atoms with Gasteiger partial charge in [0.15, 0.2) is 0 Å². The van der Waals surface area contributed by atoms with Crippen molar-refractivity contribution in [1.29, 1.82) is 0 Å². The molecule has 8 amide bonds. The first-order valence-electron chi connectivity index (χ1n) is 18.5. The van der Waals surface area contributed by atoms with Crippen molar-refractivity contribution in [3.63, 3.8) is 0 Å². The van der Waals surface area contributed by atoms with Crippen LogP contribution in [0.1, 0.15) is 50.2 Å². The highest BCUT2D eigenvalue weighted by molar-refractivity contribution is 6.12. The number of carbonyl (C=O) groups excluding carboxylic acids is 8. The van der Waals surface area contributed by atoms with Crippen molar-refractivity contribution in [2.24, 2.45) is 0 Å². The number of rotatable bonds is 24. The number of benzene rings is 2. The predicted octanol–water partition coefficient (Wildman–Crippen LogP) is 1.18. The number of amides is 8. The van der Waals surface area contributed by atoms with Crippen molar-refractivity contribution in [1.82, 2.24) is 31.1 Å². The second-order valence-corrected chi connectivity index (χ2v) is 12.9. The summed E-state index contributed by atoms with van der Waals surface area (Å²) in [5.74, 6) is -3.48. The van der Waals surface area contributed by atoms with E-state index >= 15 is 0 Å². The van der Waals surface area contributed by atoms with Crippen molar-refractivity contribution in [2.75, 3.05) is 58.3 Å². The highest BCUT2D eigenvalue weighted by atomic mass is 16.6. The predicted molar refractivity (Wildman–Crippen MR) is 204 cm³/mol. The number of hydrogen-bond acceptors (Lipinski definition) is 10. The molecular weight excluding hydrogens is 726 g/mol. The normalized spacial score (nSPS) is 12.4. The molecule has 302 valence electrons. The first-order valence-corrected chi connectivity index (χ1v) is 18.5. The van der Waals surface area contributed by atoms with Gasteiger partial charge in [-0.25, -0.2) is 4.79 Å². The fourth-order valence-corrected chi connectivity index (χ4v) is 5.17. The third-order valence-electron chi connectivity index (χ3n) is 8.27. The molecule has 0 bridgehead atoms. The summed E-state index contributed by atoms with van der Waals surface area (Å²) in [6.45, 7) is 2.54. The Morgan fingerprint density at radius 2 is 1.39 bits per heavy atom. The molecule has 0 saturated heterocycles. The van der Waals surface area contributed by atoms with Crippen LogP contribution in [0, 0.1) is 0 Å². The number of ether oxygens (including phenoxy) is 2. The standard InChI is InChI=1S/C39H51N7O10/c1-3-21-55-22-20-45(2)39(54)56-27-29-13-15-30(16-14-29)43-34(49)26-42-38(53)31(23-28-10-6-4-7-11-28)44-35(50)25-41-33(48)24-40-32(47)12-8-5-9-19-46-36(51)17-18-37(46)52/h4,6-7,10-11,13-18,31H,3,5,8-9,12,19-27H2,1-2H3,(H,40,47)(H,41,48)(H,42,53)(H,43,49)(H,44,50)/t31-/m0/s1. The SMILES string of the molecule is CCCOCCN(C)C(=O)OCc1ccc(NC(=O)CNC(=O)[C@H](Cc2ccccc2)NC(=O)CNC(=O)CNC(=O)CCCCCN2C(=O)C=CC2=O)cc1. The molecule has 2 aromatic carbocycles. The Bertz CT molecular complexity index is 1670. The lowest BCUT2D eigenvalue weighted by Crippen LogP contribution is -2.52. The summed E-state index contributed by atoms with van der Waals surface area (Å²) in [5.41, 5.74) is 1.90. The van der Waals surface area contributed by atoms with Crippen LogP contribution < -0.4 is 26.6 Å². The number of nitrogens with zero attached hydrogens (tertiary/aromatic N) is 2. The lowest BCUT2D eigenvalue weighted by atomic mass is 10.1. The minimum atomic E-state index is -1.07. The molecule has 0 fully saturated rings. The Hall–Kier alpha value is -6.10. The second kappa shape index (κ2) is 24.3. The van der Waals surface area contributed by atoms with Crippen LogP contribution in [-0.4, -0.2) is 116 Å². The van der Waals surface area contributed by atoms with Crippen LogP contribution in [0.2, 0.25) is 0 Å². The Balaban J connectivity index is 1.37. The summed E-state index contributed by atoms with van der Waals surface area (Å²) in [6.07, 6.45) is 4.73. The third-order valence-corrected chi connectivity index (χ3v) is 8.27. The monoisotopic (exact) mass is 777 g/mol. The Kier molecular flexibility index (Phi) is 19.3. The quantitative estimate of drug-likeness (QED) is 0.0757. The topological polar surface area (TPSA) is 222 Å². The molecule has 0 aromatic heterocycles. The van der Waals surface area contributed by atoms with Crippen LogP contribution in [0.25, 0.3) is 0 Å². The Labute approximate surface area is 325 Å². The zero-order valence-corrected chi connectivity index (χ0v) is 31.8. The van der Waals surface area contributed by atoms with Gasteiger partial charge in [0.05, 0.1) is 26.2 Å². The van der Waals surface area contributed by atoms with Gasteiger partial charge in [-0.3, -0.25) is 38.5 Å². The van der Waals surface area contributed by atoms with Crippen molar-refractivity contribution in [2.45, 2.75) is 58.1 Å². The van der Waals surface area contributed by atoms with E-state index in [1.807, 2.05) is 6.92 Å². The number of anilines is 1. The Morgan fingerprint density at radius 1 is 0.732 bits per heavy atom. The number of imide groups is 1. The van der Waals surface area contributed by atoms with Crippen molar-refractivity contribution < 1.29 is 47.8 Å². The number of nitrogens with one attached hydrogen (secondary N) is 5. The van der Waals surface area contributed by atoms with Gasteiger partial charge in [0, 0.05) is 57.4 Å². The van der Waals surface area contributed by atoms with E-state index in [2.05, 4.69) is 26.6 Å². The van der Waals surface area contributed by atoms with Crippen LogP contribution >= 0.6 is 0 Å². The van der Waals surface area contributed by atoms with Crippen LogP contribution in [-0.2, 0) is 56.1 Å². The van der Waals surface area contributed by atoms with Gasteiger partial charge in [-0.2, -0.15) is 0 Å². The van der Waals surface area contributed by atoms with Gasteiger partial charge in [-0.15, -0.1) is 0 Å². The summed E-state index contributed by atoms with van der Waals surface area (Å²) in [5, 5.41) is 12.7. The second-order valence-electron chi connectivity index (χ2n) is 12.9. The largest absolute Gasteiger partial charge is 0.445 e. The molecule has 5 N–H and O–H groups in total. The van der Waals surface area contributed by atoms with Crippen molar-refractivity contribution in [3.8, 4) is 0 Å². The fraction of sp³-hybridized carbons (Fsp3) is 0.436. The van der Waals surface area contributed by atoms with Gasteiger partial charge in [0.2, 0.25) is 29.5 Å². The molecular formula is C39H51N7O10. The molecule has 1 heterocycles. The smallest absolute Gasteiger partial charge is 0.409 e. The van der Waals surface area contributed by atoms with Crippen molar-refractivity contribution >= 4 is 53.1 Å². The summed E-state index contributed by atoms with van der Waals surface area (Å²) in [4.78, 5) is 101. The number of unbranched alkanes of at least 4 members (excludes halogenated alkanes) is 2. The molecule has 0 aliphatic carbocycles. The number of likely N-dealkylation sites (N-methyl/N-ethyl adjacent to an activating group) is 1. The van der Waals surface area contributed by atoms with E-state index in [0.717, 1.165) is 16.9 Å². The van der Waals surface area contributed by atoms with Gasteiger partial charge in [0.25, 0.3) is 11.8 Å². The Morgan fingerprint density at radius 3 is 2.09 bits per heavy atom. The van der Waals surface area contributed by atoms with E-state index in [0.29, 0.717) is 50.3 Å². The van der Waals surface area contributed by atoms with E-state index in [1.54, 1.807) is 61.6 Å². The molecule has 0 unspecified atom stereocenters. The number of hydrogen-bond donors (Lipinski definition) is 5. The van der Waals surface area contributed by atoms with E-state index in [4.69, 9.17) is 9.47 Å². The fourth-order valence-electron chi connectivity index (χ4n) is 5.17. The molecule has 1 aliphatic rings. The van der Waals surface area contributed by atoms with Crippen LogP contribution in [0.3, 0.4) is 0 Å². The van der Waals surface area contributed by atoms with Gasteiger partial charge in [-0.05, 0) is 42.5 Å². The van der Waals surface area contributed by atoms with E-state index in [-0.39, 0.29) is 56.8 Å². The molecule has 0 spiro atoms. The maximum absolute atomic E-state index is 13.2. The average Bonchev–Trinajstić information content (AvgIpc) is 3.51. The molecule has 0 radical (unpaired) electrons. The molecule has 56 heavy (non-hydrogen) atoms. The maximum atomic E-state index is 13.2. The zero-order valence-electron chi connectivity index (χ0n) is 31.8. The highest BCUT2D eigenvalue weighted by Crippen LogP contribution is 2.12. The van der Waals surface area contributed by atoms with Gasteiger partial charge in [0.1, 0.15) is 12.6 Å². The molecule has 17 heteroatoms. The lowest BCUT2D eigenvalue weighted by Gasteiger charge is -2.19. The van der Waals surface area contributed by atoms with Gasteiger partial charge in [-0.1, -0.05) is 55.8 Å². The van der Waals surface area contributed by atoms with Gasteiger partial charge >= 0.3 is 6.09 Å². The zero-order chi connectivity index (χ0) is 40.7. The van der Waals surface area contributed by atoms with E-state index < -0.39 is 42.3 Å². The lowest BCUT2D eigenvalue weighted by molar-refractivity contribution is -0.137. The number of carbonyl (C=O) groups is 8. The molecule has 17 nitrogen and oxygen atoms in total. The van der Waals surface area contributed by atoms with Crippen LogP contribution in [0.4, 0.5) is 10.5 Å². The first kappa shape index (κ1) is 44.3. The van der Waals surface area contributed by atoms with Crippen molar-refractivity contribution in [3.05, 3.63) is 77.9 Å². The van der Waals surface area contributed by atoms with Crippen LogP contribution in [0.5, 0.6) is 0 Å². The minimum absolute atomic E-state index is 0.0359. The van der Waals surface area contributed by atoms with E-state index in [1.165, 1.54) is 17.1 Å². The van der Waals surface area contributed by atoms with E-state index in [9.17, 15) is 38.4 Å². The average molecular weight is 778 g/mol. The third kappa shape index (κ3) is 16.9. The minimum Gasteiger partial charge on any atom is -0.445 e. The van der Waals surface area contributed by atoms with Gasteiger partial charge < -0.3 is 41.0 Å². The highest BCUT2D eigenvalue weighted by Gasteiger charge is 2.23. The molecule has 1 atom stereocenters. The summed E-state index contributed by atoms with van der Waals surface area (Å²) in [6, 6.07) is 14.5. The molecule has 0 saturated carbocycles. The summed E-state index contributed by atoms with van der Waals surface area (Å²) >= 11 is 0. The molecule has 1 aliphatic heterocycles. The van der Waals surface area contributed by atoms with Crippen LogP contribution in [0.15, 0.2) is 66.7 Å². The summed E-state index contributed by atoms with van der Waals surface area (Å²) in [7, 11) is 1.62. The first-order chi connectivity index (χ1) is 26.9. The molecule has 3 rings (SSSR count). The maximum Gasteiger partial charge on any atom is 0.409 e. The summed E-state index contributed by atoms with van der Waals surface area (Å²) < 4.78 is 10.7.